The standard InChI is InChI=1S/C20H22N8O2S/c1-4-30-11-16-15(18(29)23-9-14-8-21-12-27(14)3)10-25-28(16)20-24-7-13(2)17(26-20)19-22-5-6-31-19/h5-8,10,12H,4,9,11H2,1-3H3,(H,23,29). The zero-order valence-electron chi connectivity index (χ0n) is 17.4. The monoisotopic (exact) mass is 438 g/mol. The molecule has 0 saturated carbocycles. The fraction of sp³-hybridized carbons (Fsp3) is 0.300. The van der Waals surface area contributed by atoms with Gasteiger partial charge in [-0.25, -0.2) is 19.9 Å². The van der Waals surface area contributed by atoms with Gasteiger partial charge in [-0.3, -0.25) is 4.79 Å². The van der Waals surface area contributed by atoms with Gasteiger partial charge in [0.1, 0.15) is 10.7 Å². The molecule has 0 atom stereocenters. The molecule has 4 aromatic rings. The van der Waals surface area contributed by atoms with Gasteiger partial charge in [0.2, 0.25) is 0 Å². The van der Waals surface area contributed by atoms with Crippen molar-refractivity contribution in [3.8, 4) is 16.6 Å². The molecule has 160 valence electrons. The molecule has 0 saturated heterocycles. The van der Waals surface area contributed by atoms with E-state index in [1.165, 1.54) is 17.5 Å². The number of imidazole rings is 1. The van der Waals surface area contributed by atoms with Crippen molar-refractivity contribution in [2.24, 2.45) is 7.05 Å². The Hall–Kier alpha value is -3.44. The number of nitrogens with one attached hydrogen (secondary N) is 1. The fourth-order valence-electron chi connectivity index (χ4n) is 2.99. The third-order valence-electron chi connectivity index (χ3n) is 4.69. The van der Waals surface area contributed by atoms with Crippen LogP contribution in [0.1, 0.15) is 34.2 Å². The molecular formula is C20H22N8O2S. The third-order valence-corrected chi connectivity index (χ3v) is 5.47. The number of aryl methyl sites for hydroxylation is 2. The number of aromatic nitrogens is 7. The molecule has 10 nitrogen and oxygen atoms in total. The number of hydrogen-bond acceptors (Lipinski definition) is 8. The predicted molar refractivity (Wildman–Crippen MR) is 115 cm³/mol. The van der Waals surface area contributed by atoms with Crippen molar-refractivity contribution in [2.75, 3.05) is 6.61 Å². The number of nitrogens with zero attached hydrogens (tertiary/aromatic N) is 7. The molecule has 0 unspecified atom stereocenters. The lowest BCUT2D eigenvalue weighted by molar-refractivity contribution is 0.0938. The number of carbonyl (C=O) groups is 1. The van der Waals surface area contributed by atoms with Gasteiger partial charge in [0.15, 0.2) is 0 Å². The van der Waals surface area contributed by atoms with Crippen LogP contribution < -0.4 is 5.32 Å². The van der Waals surface area contributed by atoms with E-state index < -0.39 is 0 Å². The topological polar surface area (TPSA) is 113 Å². The van der Waals surface area contributed by atoms with Crippen LogP contribution in [0.5, 0.6) is 0 Å². The predicted octanol–water partition coefficient (Wildman–Crippen LogP) is 2.29. The summed E-state index contributed by atoms with van der Waals surface area (Å²) in [4.78, 5) is 30.4. The lowest BCUT2D eigenvalue weighted by Crippen LogP contribution is -2.25. The Morgan fingerprint density at radius 3 is 2.84 bits per heavy atom. The van der Waals surface area contributed by atoms with Crippen molar-refractivity contribution in [3.63, 3.8) is 0 Å². The molecule has 1 N–H and O–H groups in total. The summed E-state index contributed by atoms with van der Waals surface area (Å²) in [5.74, 6) is 0.102. The fourth-order valence-corrected chi connectivity index (χ4v) is 3.68. The Morgan fingerprint density at radius 1 is 1.26 bits per heavy atom. The molecule has 0 fully saturated rings. The third kappa shape index (κ3) is 4.37. The highest BCUT2D eigenvalue weighted by atomic mass is 32.1. The first-order chi connectivity index (χ1) is 15.1. The maximum atomic E-state index is 12.9. The Bertz CT molecular complexity index is 1180. The minimum absolute atomic E-state index is 0.203. The van der Waals surface area contributed by atoms with Gasteiger partial charge in [0.05, 0.1) is 42.6 Å². The highest BCUT2D eigenvalue weighted by Gasteiger charge is 2.21. The van der Waals surface area contributed by atoms with Crippen LogP contribution in [0.15, 0.2) is 36.5 Å². The molecule has 4 heterocycles. The first-order valence-corrected chi connectivity index (χ1v) is 10.6. The molecule has 4 aromatic heterocycles. The second-order valence-corrected chi connectivity index (χ2v) is 7.67. The van der Waals surface area contributed by atoms with Crippen LogP contribution in [0.3, 0.4) is 0 Å². The van der Waals surface area contributed by atoms with Gasteiger partial charge in [0, 0.05) is 37.6 Å². The molecule has 11 heteroatoms. The van der Waals surface area contributed by atoms with E-state index in [4.69, 9.17) is 4.74 Å². The zero-order valence-corrected chi connectivity index (χ0v) is 18.3. The van der Waals surface area contributed by atoms with E-state index in [0.29, 0.717) is 30.4 Å². The molecule has 4 rings (SSSR count). The molecule has 1 amide bonds. The normalized spacial score (nSPS) is 11.1. The summed E-state index contributed by atoms with van der Waals surface area (Å²) in [5, 5.41) is 10.00. The maximum absolute atomic E-state index is 12.9. The molecule has 31 heavy (non-hydrogen) atoms. The smallest absolute Gasteiger partial charge is 0.255 e. The van der Waals surface area contributed by atoms with Gasteiger partial charge < -0.3 is 14.6 Å². The van der Waals surface area contributed by atoms with Crippen LogP contribution in [-0.2, 0) is 24.9 Å². The summed E-state index contributed by atoms with van der Waals surface area (Å²) in [6, 6.07) is 0. The van der Waals surface area contributed by atoms with Crippen LogP contribution in [0.4, 0.5) is 0 Å². The Labute approximate surface area is 183 Å². The van der Waals surface area contributed by atoms with E-state index in [2.05, 4.69) is 30.4 Å². The van der Waals surface area contributed by atoms with Crippen LogP contribution >= 0.6 is 11.3 Å². The van der Waals surface area contributed by atoms with Crippen molar-refractivity contribution in [1.29, 1.82) is 0 Å². The Morgan fingerprint density at radius 2 is 2.13 bits per heavy atom. The van der Waals surface area contributed by atoms with Crippen LogP contribution in [0.2, 0.25) is 0 Å². The lowest BCUT2D eigenvalue weighted by atomic mass is 10.2. The minimum atomic E-state index is -0.255. The highest BCUT2D eigenvalue weighted by Crippen LogP contribution is 2.24. The average Bonchev–Trinajstić information content (AvgIpc) is 3.52. The van der Waals surface area contributed by atoms with Gasteiger partial charge in [0.25, 0.3) is 11.9 Å². The quantitative estimate of drug-likeness (QED) is 0.449. The number of ether oxygens (including phenoxy) is 1. The van der Waals surface area contributed by atoms with E-state index in [9.17, 15) is 4.79 Å². The summed E-state index contributed by atoms with van der Waals surface area (Å²) in [6.07, 6.45) is 8.38. The summed E-state index contributed by atoms with van der Waals surface area (Å²) in [6.45, 7) is 4.88. The molecule has 0 radical (unpaired) electrons. The Kier molecular flexibility index (Phi) is 6.14. The highest BCUT2D eigenvalue weighted by molar-refractivity contribution is 7.13. The van der Waals surface area contributed by atoms with Gasteiger partial charge >= 0.3 is 0 Å². The van der Waals surface area contributed by atoms with Gasteiger partial charge in [-0.2, -0.15) is 9.78 Å². The number of thiazole rings is 1. The second kappa shape index (κ2) is 9.14. The summed E-state index contributed by atoms with van der Waals surface area (Å²) in [7, 11) is 1.88. The van der Waals surface area contributed by atoms with E-state index in [1.807, 2.05) is 30.8 Å². The van der Waals surface area contributed by atoms with E-state index in [1.54, 1.807) is 29.6 Å². The van der Waals surface area contributed by atoms with Crippen LogP contribution in [0, 0.1) is 6.92 Å². The largest absolute Gasteiger partial charge is 0.375 e. The van der Waals surface area contributed by atoms with Crippen molar-refractivity contribution >= 4 is 17.2 Å². The van der Waals surface area contributed by atoms with Crippen molar-refractivity contribution in [2.45, 2.75) is 27.0 Å². The minimum Gasteiger partial charge on any atom is -0.375 e. The van der Waals surface area contributed by atoms with Gasteiger partial charge in [-0.1, -0.05) is 0 Å². The number of rotatable bonds is 8. The first-order valence-electron chi connectivity index (χ1n) is 9.70. The van der Waals surface area contributed by atoms with Crippen LogP contribution in [-0.4, -0.2) is 46.8 Å². The average molecular weight is 439 g/mol. The SMILES string of the molecule is CCOCc1c(C(=O)NCc2cncn2C)cnn1-c1ncc(C)c(-c2nccs2)n1. The second-order valence-electron chi connectivity index (χ2n) is 6.77. The van der Waals surface area contributed by atoms with Gasteiger partial charge in [-0.05, 0) is 19.4 Å². The molecule has 0 aliphatic heterocycles. The number of carbonyl (C=O) groups excluding carboxylic acids is 1. The summed E-state index contributed by atoms with van der Waals surface area (Å²) < 4.78 is 9.00. The maximum Gasteiger partial charge on any atom is 0.255 e. The zero-order chi connectivity index (χ0) is 21.8. The van der Waals surface area contributed by atoms with Crippen molar-refractivity contribution in [3.05, 3.63) is 59.0 Å². The van der Waals surface area contributed by atoms with E-state index in [0.717, 1.165) is 22.0 Å². The van der Waals surface area contributed by atoms with Crippen molar-refractivity contribution in [1.82, 2.24) is 39.6 Å². The molecule has 0 aromatic carbocycles. The molecule has 0 aliphatic rings. The molecule has 0 spiro atoms. The van der Waals surface area contributed by atoms with Crippen LogP contribution in [0.25, 0.3) is 16.6 Å². The van der Waals surface area contributed by atoms with E-state index in [-0.39, 0.29) is 12.5 Å². The summed E-state index contributed by atoms with van der Waals surface area (Å²) >= 11 is 1.50. The van der Waals surface area contributed by atoms with Crippen molar-refractivity contribution < 1.29 is 9.53 Å². The Balaban J connectivity index is 1.66. The molecular weight excluding hydrogens is 416 g/mol. The lowest BCUT2D eigenvalue weighted by Gasteiger charge is -2.10. The summed E-state index contributed by atoms with van der Waals surface area (Å²) in [5.41, 5.74) is 3.53. The first kappa shape index (κ1) is 20.8. The number of amides is 1. The molecule has 0 bridgehead atoms. The van der Waals surface area contributed by atoms with Gasteiger partial charge in [-0.15, -0.1) is 11.3 Å². The van der Waals surface area contributed by atoms with E-state index >= 15 is 0 Å². The number of hydrogen-bond donors (Lipinski definition) is 1. The molecule has 0 aliphatic carbocycles.